The van der Waals surface area contributed by atoms with Gasteiger partial charge in [-0.25, -0.2) is 9.59 Å². The lowest BCUT2D eigenvalue weighted by atomic mass is 9.88. The van der Waals surface area contributed by atoms with E-state index in [0.717, 1.165) is 42.8 Å². The maximum absolute atomic E-state index is 12.6. The van der Waals surface area contributed by atoms with Gasteiger partial charge in [0.05, 0.1) is 17.8 Å². The topological polar surface area (TPSA) is 89.5 Å². The van der Waals surface area contributed by atoms with Crippen molar-refractivity contribution in [1.82, 2.24) is 19.7 Å². The van der Waals surface area contributed by atoms with Crippen LogP contribution in [-0.2, 0) is 24.1 Å². The zero-order valence-corrected chi connectivity index (χ0v) is 24.3. The fraction of sp³-hybridized carbons (Fsp3) is 0.581. The van der Waals surface area contributed by atoms with E-state index in [4.69, 9.17) is 9.72 Å². The minimum Gasteiger partial charge on any atom is -0.465 e. The molecule has 2 aliphatic heterocycles. The van der Waals surface area contributed by atoms with Crippen LogP contribution in [0.3, 0.4) is 0 Å². The van der Waals surface area contributed by atoms with Crippen molar-refractivity contribution in [3.63, 3.8) is 0 Å². The number of aromatic nitrogens is 1. The Bertz CT molecular complexity index is 1220. The van der Waals surface area contributed by atoms with Crippen LogP contribution in [0, 0.1) is 0 Å². The molecular formula is C31H43N5O4. The lowest BCUT2D eigenvalue weighted by Crippen LogP contribution is -2.52. The van der Waals surface area contributed by atoms with Crippen molar-refractivity contribution in [3.8, 4) is 0 Å². The first-order valence-electron chi connectivity index (χ1n) is 14.7. The van der Waals surface area contributed by atoms with Gasteiger partial charge in [-0.2, -0.15) is 0 Å². The van der Waals surface area contributed by atoms with E-state index in [2.05, 4.69) is 34.9 Å². The van der Waals surface area contributed by atoms with Crippen LogP contribution in [0.25, 0.3) is 0 Å². The maximum atomic E-state index is 12.6. The normalized spacial score (nSPS) is 21.2. The molecule has 0 saturated carbocycles. The quantitative estimate of drug-likeness (QED) is 0.565. The zero-order valence-electron chi connectivity index (χ0n) is 24.3. The third-order valence-electron chi connectivity index (χ3n) is 8.44. The van der Waals surface area contributed by atoms with Crippen LogP contribution >= 0.6 is 0 Å². The van der Waals surface area contributed by atoms with Crippen LogP contribution < -0.4 is 4.90 Å². The molecule has 3 aliphatic rings. The molecule has 1 aromatic carbocycles. The van der Waals surface area contributed by atoms with E-state index in [0.29, 0.717) is 45.7 Å². The van der Waals surface area contributed by atoms with Gasteiger partial charge >= 0.3 is 12.2 Å². The minimum absolute atomic E-state index is 0.150. The zero-order chi connectivity index (χ0) is 28.4. The molecule has 2 atom stereocenters. The molecule has 40 heavy (non-hydrogen) atoms. The molecule has 1 aromatic heterocycles. The number of amides is 2. The molecule has 1 N–H and O–H groups in total. The van der Waals surface area contributed by atoms with E-state index < -0.39 is 11.7 Å². The number of hydrogen-bond acceptors (Lipinski definition) is 6. The highest BCUT2D eigenvalue weighted by Gasteiger charge is 2.36. The van der Waals surface area contributed by atoms with E-state index in [1.165, 1.54) is 11.1 Å². The second-order valence-electron chi connectivity index (χ2n) is 12.2. The molecule has 9 nitrogen and oxygen atoms in total. The summed E-state index contributed by atoms with van der Waals surface area (Å²) < 4.78 is 5.57. The Balaban J connectivity index is 1.34. The Labute approximate surface area is 237 Å². The Kier molecular flexibility index (Phi) is 8.21. The number of nitrogens with zero attached hydrogens (tertiary/aromatic N) is 5. The van der Waals surface area contributed by atoms with Gasteiger partial charge in [0, 0.05) is 51.2 Å². The molecule has 1 aliphatic carbocycles. The smallest absolute Gasteiger partial charge is 0.410 e. The van der Waals surface area contributed by atoms with E-state index >= 15 is 0 Å². The van der Waals surface area contributed by atoms with Crippen molar-refractivity contribution in [2.24, 2.45) is 0 Å². The second kappa shape index (κ2) is 11.6. The Hall–Kier alpha value is -3.33. The molecule has 9 heteroatoms. The van der Waals surface area contributed by atoms with Crippen molar-refractivity contribution < 1.29 is 19.4 Å². The van der Waals surface area contributed by atoms with E-state index in [1.54, 1.807) is 9.80 Å². The van der Waals surface area contributed by atoms with Gasteiger partial charge in [-0.1, -0.05) is 25.1 Å². The third kappa shape index (κ3) is 6.04. The van der Waals surface area contributed by atoms with Gasteiger partial charge in [0.2, 0.25) is 0 Å². The number of carboxylic acid groups (broad SMARTS) is 1. The molecule has 216 valence electrons. The standard InChI is InChI=1S/C31H43N5O4/c1-5-33(27-13-6-9-22-11-8-14-32-28(22)27)21-24-19-25-23(20-36(24)29(37)38)10-7-12-26(25)34-15-17-35(18-16-34)30(39)40-31(2,3)4/h7-8,10-12,14,24,27H,5-6,9,13,15-21H2,1-4H3,(H,37,38). The van der Waals surface area contributed by atoms with Crippen LogP contribution in [0.1, 0.15) is 69.0 Å². The van der Waals surface area contributed by atoms with Crippen molar-refractivity contribution >= 4 is 17.9 Å². The summed E-state index contributed by atoms with van der Waals surface area (Å²) in [5.41, 5.74) is 5.41. The van der Waals surface area contributed by atoms with Gasteiger partial charge in [0.25, 0.3) is 0 Å². The number of ether oxygens (including phenoxy) is 1. The highest BCUT2D eigenvalue weighted by atomic mass is 16.6. The first-order valence-corrected chi connectivity index (χ1v) is 14.7. The summed E-state index contributed by atoms with van der Waals surface area (Å²) in [6, 6.07) is 10.5. The summed E-state index contributed by atoms with van der Waals surface area (Å²) in [4.78, 5) is 37.9. The molecule has 3 heterocycles. The predicted molar refractivity (Wildman–Crippen MR) is 155 cm³/mol. The number of rotatable bonds is 5. The van der Waals surface area contributed by atoms with Gasteiger partial charge in [-0.05, 0) is 81.8 Å². The van der Waals surface area contributed by atoms with Crippen LogP contribution in [-0.4, -0.2) is 87.9 Å². The lowest BCUT2D eigenvalue weighted by Gasteiger charge is -2.43. The van der Waals surface area contributed by atoms with Crippen LogP contribution in [0.4, 0.5) is 15.3 Å². The number of hydrogen-bond donors (Lipinski definition) is 1. The van der Waals surface area contributed by atoms with Gasteiger partial charge in [0.1, 0.15) is 5.60 Å². The number of pyridine rings is 1. The number of likely N-dealkylation sites (N-methyl/N-ethyl adjacent to an activating group) is 1. The molecule has 2 amide bonds. The highest BCUT2D eigenvalue weighted by Crippen LogP contribution is 2.36. The average Bonchev–Trinajstić information content (AvgIpc) is 2.94. The number of fused-ring (bicyclic) bond motifs is 2. The van der Waals surface area contributed by atoms with Crippen molar-refractivity contribution in [2.75, 3.05) is 44.2 Å². The molecule has 0 bridgehead atoms. The number of carbonyl (C=O) groups excluding carboxylic acids is 1. The monoisotopic (exact) mass is 549 g/mol. The molecule has 2 aromatic rings. The summed E-state index contributed by atoms with van der Waals surface area (Å²) in [6.45, 7) is 12.3. The van der Waals surface area contributed by atoms with Crippen molar-refractivity contribution in [1.29, 1.82) is 0 Å². The summed E-state index contributed by atoms with van der Waals surface area (Å²) in [5, 5.41) is 10.2. The van der Waals surface area contributed by atoms with Crippen LogP contribution in [0.5, 0.6) is 0 Å². The fourth-order valence-corrected chi connectivity index (χ4v) is 6.49. The van der Waals surface area contributed by atoms with E-state index in [1.807, 2.05) is 39.1 Å². The van der Waals surface area contributed by atoms with Crippen molar-refractivity contribution in [3.05, 3.63) is 58.9 Å². The van der Waals surface area contributed by atoms with Crippen LogP contribution in [0.15, 0.2) is 36.5 Å². The SMILES string of the molecule is CCN(CC1Cc2c(cccc2N2CCN(C(=O)OC(C)(C)C)CC2)CN1C(=O)O)C1CCCc2cccnc21. The highest BCUT2D eigenvalue weighted by molar-refractivity contribution is 5.70. The first kappa shape index (κ1) is 28.2. The molecule has 1 fully saturated rings. The Morgan fingerprint density at radius 2 is 1.85 bits per heavy atom. The van der Waals surface area contributed by atoms with Gasteiger partial charge in [-0.15, -0.1) is 0 Å². The summed E-state index contributed by atoms with van der Waals surface area (Å²) >= 11 is 0. The first-order chi connectivity index (χ1) is 19.1. The molecule has 0 spiro atoms. The number of piperazine rings is 1. The molecule has 0 radical (unpaired) electrons. The van der Waals surface area contributed by atoms with Crippen molar-refractivity contribution in [2.45, 2.75) is 77.6 Å². The Morgan fingerprint density at radius 1 is 1.10 bits per heavy atom. The Morgan fingerprint density at radius 3 is 2.55 bits per heavy atom. The van der Waals surface area contributed by atoms with Crippen LogP contribution in [0.2, 0.25) is 0 Å². The van der Waals surface area contributed by atoms with E-state index in [-0.39, 0.29) is 18.2 Å². The van der Waals surface area contributed by atoms with Gasteiger partial charge in [0.15, 0.2) is 0 Å². The fourth-order valence-electron chi connectivity index (χ4n) is 6.49. The largest absolute Gasteiger partial charge is 0.465 e. The van der Waals surface area contributed by atoms with Gasteiger partial charge < -0.3 is 19.6 Å². The molecule has 2 unspecified atom stereocenters. The number of benzene rings is 1. The number of anilines is 1. The predicted octanol–water partition coefficient (Wildman–Crippen LogP) is 4.94. The summed E-state index contributed by atoms with van der Waals surface area (Å²) in [5.74, 6) is 0. The van der Waals surface area contributed by atoms with E-state index in [9.17, 15) is 14.7 Å². The maximum Gasteiger partial charge on any atom is 0.410 e. The summed E-state index contributed by atoms with van der Waals surface area (Å²) in [7, 11) is 0. The number of carbonyl (C=O) groups is 2. The lowest BCUT2D eigenvalue weighted by molar-refractivity contribution is 0.0240. The number of aryl methyl sites for hydroxylation is 1. The molecule has 1 saturated heterocycles. The minimum atomic E-state index is -0.870. The second-order valence-corrected chi connectivity index (χ2v) is 12.2. The third-order valence-corrected chi connectivity index (χ3v) is 8.44. The molecular weight excluding hydrogens is 506 g/mol. The average molecular weight is 550 g/mol. The van der Waals surface area contributed by atoms with Gasteiger partial charge in [-0.3, -0.25) is 14.8 Å². The summed E-state index contributed by atoms with van der Waals surface area (Å²) in [6.07, 6.45) is 4.63. The molecule has 5 rings (SSSR count).